The van der Waals surface area contributed by atoms with Crippen molar-refractivity contribution in [3.05, 3.63) is 137 Å². The molecule has 1 aliphatic heterocycles. The van der Waals surface area contributed by atoms with Gasteiger partial charge in [-0.25, -0.2) is 4.39 Å². The van der Waals surface area contributed by atoms with Crippen LogP contribution in [-0.4, -0.2) is 40.2 Å². The zero-order chi connectivity index (χ0) is 29.1. The Morgan fingerprint density at radius 2 is 1.64 bits per heavy atom. The maximum Gasteiger partial charge on any atom is 0.249 e. The highest BCUT2D eigenvalue weighted by Gasteiger charge is 2.38. The summed E-state index contributed by atoms with van der Waals surface area (Å²) in [5.74, 6) is -0.809. The minimum Gasteiger partial charge on any atom is -0.356 e. The fourth-order valence-electron chi connectivity index (χ4n) is 5.51. The van der Waals surface area contributed by atoms with Crippen molar-refractivity contribution in [2.45, 2.75) is 44.5 Å². The number of benzene rings is 3. The van der Waals surface area contributed by atoms with Crippen LogP contribution in [0.15, 0.2) is 114 Å². The molecule has 1 fully saturated rings. The average molecular weight is 560 g/mol. The Hall–Kier alpha value is -4.80. The maximum absolute atomic E-state index is 14.3. The summed E-state index contributed by atoms with van der Waals surface area (Å²) in [7, 11) is 0. The van der Waals surface area contributed by atoms with E-state index in [1.54, 1.807) is 23.1 Å². The van der Waals surface area contributed by atoms with Gasteiger partial charge < -0.3 is 14.5 Å². The first kappa shape index (κ1) is 27.4. The molecule has 1 saturated carbocycles. The van der Waals surface area contributed by atoms with E-state index in [-0.39, 0.29) is 30.8 Å². The van der Waals surface area contributed by atoms with Crippen LogP contribution in [0, 0.1) is 17.1 Å². The number of carbonyl (C=O) groups is 2. The van der Waals surface area contributed by atoms with Crippen molar-refractivity contribution in [2.75, 3.05) is 6.61 Å². The van der Waals surface area contributed by atoms with Crippen molar-refractivity contribution >= 4 is 17.3 Å². The van der Waals surface area contributed by atoms with Gasteiger partial charge in [0.1, 0.15) is 30.3 Å². The minimum atomic E-state index is -0.965. The van der Waals surface area contributed by atoms with Gasteiger partial charge in [-0.05, 0) is 58.9 Å². The second kappa shape index (κ2) is 12.0. The number of allylic oxidation sites excluding steroid dienone is 4. The van der Waals surface area contributed by atoms with E-state index in [1.165, 1.54) is 12.1 Å². The van der Waals surface area contributed by atoms with Gasteiger partial charge in [-0.1, -0.05) is 72.8 Å². The van der Waals surface area contributed by atoms with Crippen LogP contribution in [0.2, 0.25) is 0 Å². The summed E-state index contributed by atoms with van der Waals surface area (Å²) in [6, 6.07) is 28.1. The molecule has 3 aromatic carbocycles. The number of ketones is 1. The molecule has 7 heteroatoms. The monoisotopic (exact) mass is 559 g/mol. The summed E-state index contributed by atoms with van der Waals surface area (Å²) in [6.45, 7) is 0.524. The van der Waals surface area contributed by atoms with Crippen LogP contribution in [0.3, 0.4) is 0 Å². The number of ether oxygens (including phenoxy) is 1. The Balaban J connectivity index is 1.27. The zero-order valence-corrected chi connectivity index (χ0v) is 23.1. The first-order chi connectivity index (χ1) is 20.5. The lowest BCUT2D eigenvalue weighted by molar-refractivity contribution is -0.141. The number of nitriles is 1. The molecule has 2 aliphatic carbocycles. The standard InChI is InChI=1S/C35H30FN3O3/c36-28-13-7-12-26(16-28)35-30-18-33(32(40)17-27(30)22-39(29-14-15-29)31(35)19-37)42-23-34(41)38(20-24-8-3-1-4-9-24)21-25-10-5-2-6-11-25/h1-13,16,18,22,29,33H,14-15,17,20-21,23H2. The molecule has 6 nitrogen and oxygen atoms in total. The molecule has 210 valence electrons. The van der Waals surface area contributed by atoms with Gasteiger partial charge in [0.25, 0.3) is 0 Å². The van der Waals surface area contributed by atoms with E-state index >= 15 is 0 Å². The quantitative estimate of drug-likeness (QED) is 0.325. The van der Waals surface area contributed by atoms with Crippen molar-refractivity contribution in [2.24, 2.45) is 0 Å². The molecule has 42 heavy (non-hydrogen) atoms. The number of nitrogens with zero attached hydrogens (tertiary/aromatic N) is 3. The van der Waals surface area contributed by atoms with Gasteiger partial charge in [0.15, 0.2) is 5.78 Å². The summed E-state index contributed by atoms with van der Waals surface area (Å²) in [5.41, 5.74) is 5.01. The molecule has 3 aromatic rings. The lowest BCUT2D eigenvalue weighted by Crippen LogP contribution is -2.37. The first-order valence-electron chi connectivity index (χ1n) is 14.1. The molecule has 0 bridgehead atoms. The van der Waals surface area contributed by atoms with E-state index in [2.05, 4.69) is 6.07 Å². The molecule has 3 aliphatic rings. The minimum absolute atomic E-state index is 0.100. The third-order valence-electron chi connectivity index (χ3n) is 7.74. The first-order valence-corrected chi connectivity index (χ1v) is 14.1. The van der Waals surface area contributed by atoms with Crippen molar-refractivity contribution in [1.82, 2.24) is 9.80 Å². The van der Waals surface area contributed by atoms with Crippen LogP contribution >= 0.6 is 0 Å². The molecule has 0 aromatic heterocycles. The number of hydrogen-bond donors (Lipinski definition) is 0. The number of hydrogen-bond acceptors (Lipinski definition) is 5. The maximum atomic E-state index is 14.3. The molecule has 1 atom stereocenters. The summed E-state index contributed by atoms with van der Waals surface area (Å²) in [4.78, 5) is 30.4. The smallest absolute Gasteiger partial charge is 0.249 e. The molecular formula is C35H30FN3O3. The number of amides is 1. The Labute approximate surface area is 244 Å². The lowest BCUT2D eigenvalue weighted by Gasteiger charge is -2.34. The van der Waals surface area contributed by atoms with Crippen LogP contribution in [-0.2, 0) is 27.4 Å². The summed E-state index contributed by atoms with van der Waals surface area (Å²) >= 11 is 0. The van der Waals surface area contributed by atoms with Crippen LogP contribution in [0.1, 0.15) is 36.0 Å². The van der Waals surface area contributed by atoms with Gasteiger partial charge in [0, 0.05) is 37.3 Å². The Morgan fingerprint density at radius 3 is 2.24 bits per heavy atom. The van der Waals surface area contributed by atoms with Crippen LogP contribution in [0.25, 0.3) is 5.57 Å². The molecule has 1 amide bonds. The van der Waals surface area contributed by atoms with Crippen LogP contribution in [0.5, 0.6) is 0 Å². The molecule has 1 heterocycles. The molecular weight excluding hydrogens is 529 g/mol. The molecule has 0 saturated heterocycles. The van der Waals surface area contributed by atoms with Crippen molar-refractivity contribution in [3.63, 3.8) is 0 Å². The largest absolute Gasteiger partial charge is 0.356 e. The molecule has 1 unspecified atom stereocenters. The Bertz CT molecular complexity index is 1590. The fraction of sp³-hybridized carbons (Fsp3) is 0.229. The Morgan fingerprint density at radius 1 is 0.976 bits per heavy atom. The van der Waals surface area contributed by atoms with Crippen molar-refractivity contribution < 1.29 is 18.7 Å². The molecule has 0 N–H and O–H groups in total. The highest BCUT2D eigenvalue weighted by molar-refractivity contribution is 5.98. The van der Waals surface area contributed by atoms with Gasteiger partial charge >= 0.3 is 0 Å². The van der Waals surface area contributed by atoms with Gasteiger partial charge in [-0.2, -0.15) is 5.26 Å². The highest BCUT2D eigenvalue weighted by Crippen LogP contribution is 2.44. The molecule has 6 rings (SSSR count). The van der Waals surface area contributed by atoms with E-state index in [0.717, 1.165) is 29.5 Å². The predicted molar refractivity (Wildman–Crippen MR) is 156 cm³/mol. The third-order valence-corrected chi connectivity index (χ3v) is 7.74. The van der Waals surface area contributed by atoms with Crippen LogP contribution in [0.4, 0.5) is 4.39 Å². The third kappa shape index (κ3) is 5.95. The molecule has 0 radical (unpaired) electrons. The van der Waals surface area contributed by atoms with E-state index in [9.17, 15) is 19.2 Å². The van der Waals surface area contributed by atoms with E-state index < -0.39 is 11.9 Å². The summed E-state index contributed by atoms with van der Waals surface area (Å²) in [5, 5.41) is 10.2. The highest BCUT2D eigenvalue weighted by atomic mass is 19.1. The lowest BCUT2D eigenvalue weighted by atomic mass is 9.81. The number of Topliss-reactive ketones (excluding diaryl/α,β-unsaturated/α-hetero) is 1. The fourth-order valence-corrected chi connectivity index (χ4v) is 5.51. The summed E-state index contributed by atoms with van der Waals surface area (Å²) in [6.07, 6.45) is 4.61. The topological polar surface area (TPSA) is 73.6 Å². The van der Waals surface area contributed by atoms with Gasteiger partial charge in [0.2, 0.25) is 5.91 Å². The van der Waals surface area contributed by atoms with E-state index in [0.29, 0.717) is 35.5 Å². The number of halogens is 1. The van der Waals surface area contributed by atoms with Crippen LogP contribution < -0.4 is 0 Å². The number of rotatable bonds is 9. The average Bonchev–Trinajstić information content (AvgIpc) is 3.85. The van der Waals surface area contributed by atoms with Crippen molar-refractivity contribution in [3.8, 4) is 6.07 Å². The SMILES string of the molecule is N#CC1=C(c2cccc(F)c2)C2=CC(OCC(=O)N(Cc3ccccc3)Cc3ccccc3)C(=O)CC2=CN1C1CC1. The second-order valence-corrected chi connectivity index (χ2v) is 10.8. The molecule has 0 spiro atoms. The van der Waals surface area contributed by atoms with Gasteiger partial charge in [-0.3, -0.25) is 9.59 Å². The number of carbonyl (C=O) groups excluding carboxylic acids is 2. The van der Waals surface area contributed by atoms with Gasteiger partial charge in [-0.15, -0.1) is 0 Å². The Kier molecular flexibility index (Phi) is 7.81. The zero-order valence-electron chi connectivity index (χ0n) is 23.1. The predicted octanol–water partition coefficient (Wildman–Crippen LogP) is 5.94. The van der Waals surface area contributed by atoms with E-state index in [4.69, 9.17) is 4.74 Å². The van der Waals surface area contributed by atoms with E-state index in [1.807, 2.05) is 71.8 Å². The van der Waals surface area contributed by atoms with Crippen molar-refractivity contribution in [1.29, 1.82) is 5.26 Å². The second-order valence-electron chi connectivity index (χ2n) is 10.8. The normalized spacial score (nSPS) is 18.1. The summed E-state index contributed by atoms with van der Waals surface area (Å²) < 4.78 is 20.3. The number of fused-ring (bicyclic) bond motifs is 1. The van der Waals surface area contributed by atoms with Gasteiger partial charge in [0.05, 0.1) is 0 Å².